The van der Waals surface area contributed by atoms with Gasteiger partial charge >= 0.3 is 14.5 Å². The number of carbonyl (C=O) groups is 3. The summed E-state index contributed by atoms with van der Waals surface area (Å²) < 4.78 is 23.8. The molecule has 1 amide bonds. The van der Waals surface area contributed by atoms with Crippen LogP contribution in [0.2, 0.25) is 10.1 Å². The molecular weight excluding hydrogens is 617 g/mol. The number of ether oxygens (including phenoxy) is 2. The van der Waals surface area contributed by atoms with E-state index in [1.807, 2.05) is 30.3 Å². The minimum absolute atomic E-state index is 0.0240. The molecule has 0 bridgehead atoms. The molecule has 0 saturated carbocycles. The van der Waals surface area contributed by atoms with Crippen molar-refractivity contribution in [3.05, 3.63) is 30.3 Å². The third kappa shape index (κ3) is 7.75. The maximum atomic E-state index is 13.1. The summed E-state index contributed by atoms with van der Waals surface area (Å²) in [6, 6.07) is 8.47. The Morgan fingerprint density at radius 2 is 1.62 bits per heavy atom. The van der Waals surface area contributed by atoms with Gasteiger partial charge in [0.2, 0.25) is 0 Å². The maximum Gasteiger partial charge on any atom is 0.349 e. The Morgan fingerprint density at radius 1 is 1.02 bits per heavy atom. The molecule has 1 aromatic rings. The molecule has 2 aliphatic heterocycles. The fourth-order valence-electron chi connectivity index (χ4n) is 5.27. The van der Waals surface area contributed by atoms with Crippen LogP contribution in [0.5, 0.6) is 0 Å². The first-order valence-corrected chi connectivity index (χ1v) is 16.9. The van der Waals surface area contributed by atoms with Crippen molar-refractivity contribution in [2.75, 3.05) is 6.61 Å². The number of nitrogens with one attached hydrogen (secondary N) is 1. The Kier molecular flexibility index (Phi) is 10.8. The first-order chi connectivity index (χ1) is 18.4. The second-order valence-electron chi connectivity index (χ2n) is 12.1. The zero-order valence-corrected chi connectivity index (χ0v) is 27.9. The van der Waals surface area contributed by atoms with Crippen LogP contribution in [0, 0.1) is 0 Å². The van der Waals surface area contributed by atoms with Gasteiger partial charge in [-0.3, -0.25) is 9.59 Å². The Bertz CT molecular complexity index is 1060. The van der Waals surface area contributed by atoms with Crippen molar-refractivity contribution in [2.24, 2.45) is 0 Å². The number of hydrogen-bond acceptors (Lipinski definition) is 8. The Hall–Kier alpha value is -0.853. The number of thioether (sulfide) groups is 1. The number of fused-ring (bicyclic) bond motifs is 1. The molecule has 3 rings (SSSR count). The molecule has 1 aromatic carbocycles. The molecule has 0 aliphatic carbocycles. The SMILES string of the molecule is CC(=O)CCC(=O)O[C@H]1[C@@H]2O[Si](C(C)(C)C)(C(C)(C)C)OC[C@H]2OC(Sc2ccccc2)[C@@H]1NC(=O)C(Cl)(Cl)Cl. The summed E-state index contributed by atoms with van der Waals surface area (Å²) in [6.45, 7) is 14.0. The van der Waals surface area contributed by atoms with E-state index >= 15 is 0 Å². The number of esters is 1. The molecular formula is C27H38Cl3NO7SSi. The zero-order valence-electron chi connectivity index (χ0n) is 23.8. The standard InChI is InChI=1S/C27H38Cl3NO7SSi/c1-16(32)13-14-19(33)37-22-20(31-24(34)27(28,29)30)23(39-17-11-9-8-10-12-17)36-18-15-35-40(25(2,3)4,26(5,6)7)38-21(18)22/h8-12,18,20-23H,13-15H2,1-7H3,(H,31,34)/t18-,20-,21-,22-,23?/m1/s1. The molecule has 2 fully saturated rings. The summed E-state index contributed by atoms with van der Waals surface area (Å²) >= 11 is 19.1. The Labute approximate surface area is 256 Å². The maximum absolute atomic E-state index is 13.1. The van der Waals surface area contributed by atoms with E-state index in [-0.39, 0.29) is 35.3 Å². The summed E-state index contributed by atoms with van der Waals surface area (Å²) in [5.74, 6) is -1.64. The van der Waals surface area contributed by atoms with Crippen LogP contribution in [0.4, 0.5) is 0 Å². The number of benzene rings is 1. The van der Waals surface area contributed by atoms with E-state index in [0.29, 0.717) is 0 Å². The molecule has 0 aromatic heterocycles. The molecule has 2 aliphatic rings. The van der Waals surface area contributed by atoms with Crippen LogP contribution in [-0.4, -0.2) is 66.4 Å². The summed E-state index contributed by atoms with van der Waals surface area (Å²) in [5.41, 5.74) is -0.754. The molecule has 5 atom stereocenters. The number of halogens is 3. The van der Waals surface area contributed by atoms with Crippen molar-refractivity contribution < 1.29 is 32.7 Å². The normalized spacial score (nSPS) is 26.9. The van der Waals surface area contributed by atoms with Gasteiger partial charge in [0.1, 0.15) is 29.5 Å². The Balaban J connectivity index is 2.08. The van der Waals surface area contributed by atoms with Gasteiger partial charge < -0.3 is 28.4 Å². The van der Waals surface area contributed by atoms with Gasteiger partial charge in [0, 0.05) is 21.4 Å². The average Bonchev–Trinajstić information content (AvgIpc) is 2.83. The second kappa shape index (κ2) is 12.8. The minimum atomic E-state index is -3.05. The van der Waals surface area contributed by atoms with E-state index < -0.39 is 54.0 Å². The van der Waals surface area contributed by atoms with Gasteiger partial charge in [-0.2, -0.15) is 0 Å². The predicted octanol–water partition coefficient (Wildman–Crippen LogP) is 6.10. The van der Waals surface area contributed by atoms with Gasteiger partial charge in [0.25, 0.3) is 9.70 Å². The smallest absolute Gasteiger partial charge is 0.349 e. The van der Waals surface area contributed by atoms with Crippen LogP contribution in [0.1, 0.15) is 61.3 Å². The van der Waals surface area contributed by atoms with Crippen LogP contribution >= 0.6 is 46.6 Å². The van der Waals surface area contributed by atoms with Gasteiger partial charge in [-0.25, -0.2) is 0 Å². The minimum Gasteiger partial charge on any atom is -0.457 e. The summed E-state index contributed by atoms with van der Waals surface area (Å²) in [4.78, 5) is 38.5. The lowest BCUT2D eigenvalue weighted by molar-refractivity contribution is -0.210. The van der Waals surface area contributed by atoms with Crippen LogP contribution in [0.25, 0.3) is 0 Å². The molecule has 224 valence electrons. The first-order valence-electron chi connectivity index (χ1n) is 13.1. The molecule has 0 spiro atoms. The molecule has 1 unspecified atom stereocenters. The summed E-state index contributed by atoms with van der Waals surface area (Å²) in [7, 11) is -3.05. The number of rotatable bonds is 7. The fourth-order valence-corrected chi connectivity index (χ4v) is 11.5. The van der Waals surface area contributed by atoms with E-state index in [4.69, 9.17) is 53.1 Å². The Morgan fingerprint density at radius 3 is 2.15 bits per heavy atom. The van der Waals surface area contributed by atoms with Gasteiger partial charge in [-0.15, -0.1) is 0 Å². The van der Waals surface area contributed by atoms with Gasteiger partial charge in [0.05, 0.1) is 13.0 Å². The lowest BCUT2D eigenvalue weighted by Gasteiger charge is -2.58. The van der Waals surface area contributed by atoms with Crippen LogP contribution in [-0.2, 0) is 32.7 Å². The highest BCUT2D eigenvalue weighted by molar-refractivity contribution is 7.99. The number of hydrogen-bond donors (Lipinski definition) is 1. The van der Waals surface area contributed by atoms with Gasteiger partial charge in [0.15, 0.2) is 6.10 Å². The number of carbonyl (C=O) groups excluding carboxylic acids is 3. The topological polar surface area (TPSA) is 100 Å². The molecule has 2 saturated heterocycles. The van der Waals surface area contributed by atoms with Crippen LogP contribution in [0.3, 0.4) is 0 Å². The molecule has 40 heavy (non-hydrogen) atoms. The predicted molar refractivity (Wildman–Crippen MR) is 159 cm³/mol. The quantitative estimate of drug-likeness (QED) is 0.214. The number of amides is 1. The van der Waals surface area contributed by atoms with Crippen LogP contribution < -0.4 is 5.32 Å². The molecule has 8 nitrogen and oxygen atoms in total. The lowest BCUT2D eigenvalue weighted by atomic mass is 9.97. The van der Waals surface area contributed by atoms with Crippen molar-refractivity contribution >= 4 is 72.8 Å². The molecule has 1 N–H and O–H groups in total. The molecule has 13 heteroatoms. The highest BCUT2D eigenvalue weighted by Gasteiger charge is 2.65. The molecule has 0 radical (unpaired) electrons. The third-order valence-corrected chi connectivity index (χ3v) is 13.7. The van der Waals surface area contributed by atoms with Crippen molar-refractivity contribution in [1.82, 2.24) is 5.32 Å². The van der Waals surface area contributed by atoms with E-state index in [1.54, 1.807) is 0 Å². The average molecular weight is 655 g/mol. The largest absolute Gasteiger partial charge is 0.457 e. The fraction of sp³-hybridized carbons (Fsp3) is 0.667. The van der Waals surface area contributed by atoms with Gasteiger partial charge in [-0.05, 0) is 19.1 Å². The number of Topliss-reactive ketones (excluding diaryl/α,β-unsaturated/α-hetero) is 1. The van der Waals surface area contributed by atoms with E-state index in [0.717, 1.165) is 4.90 Å². The van der Waals surface area contributed by atoms with E-state index in [1.165, 1.54) is 18.7 Å². The van der Waals surface area contributed by atoms with Crippen molar-refractivity contribution in [3.8, 4) is 0 Å². The number of alkyl halides is 3. The van der Waals surface area contributed by atoms with E-state index in [2.05, 4.69) is 46.9 Å². The molecule has 2 heterocycles. The first kappa shape index (κ1) is 33.6. The van der Waals surface area contributed by atoms with Crippen molar-refractivity contribution in [1.29, 1.82) is 0 Å². The monoisotopic (exact) mass is 653 g/mol. The van der Waals surface area contributed by atoms with Crippen LogP contribution in [0.15, 0.2) is 35.2 Å². The zero-order chi connectivity index (χ0) is 30.1. The van der Waals surface area contributed by atoms with Gasteiger partial charge in [-0.1, -0.05) is 106 Å². The third-order valence-electron chi connectivity index (χ3n) is 6.87. The van der Waals surface area contributed by atoms with E-state index in [9.17, 15) is 14.4 Å². The second-order valence-corrected chi connectivity index (χ2v) is 20.3. The highest BCUT2D eigenvalue weighted by Crippen LogP contribution is 2.55. The summed E-state index contributed by atoms with van der Waals surface area (Å²) in [6.07, 6.45) is -2.51. The highest BCUT2D eigenvalue weighted by atomic mass is 35.6. The van der Waals surface area contributed by atoms with Crippen molar-refractivity contribution in [2.45, 2.75) is 110 Å². The summed E-state index contributed by atoms with van der Waals surface area (Å²) in [5, 5.41) is 2.02. The van der Waals surface area contributed by atoms with Crippen molar-refractivity contribution in [3.63, 3.8) is 0 Å². The number of ketones is 1. The lowest BCUT2D eigenvalue weighted by Crippen LogP contribution is -2.73.